The van der Waals surface area contributed by atoms with E-state index in [1.165, 1.54) is 16.6 Å². The van der Waals surface area contributed by atoms with E-state index in [2.05, 4.69) is 5.32 Å². The van der Waals surface area contributed by atoms with Gasteiger partial charge in [-0.25, -0.2) is 4.98 Å². The van der Waals surface area contributed by atoms with Crippen molar-refractivity contribution < 1.29 is 9.59 Å². The quantitative estimate of drug-likeness (QED) is 0.282. The lowest BCUT2D eigenvalue weighted by atomic mass is 9.97. The molecule has 0 aliphatic heterocycles. The molecule has 0 bridgehead atoms. The first-order valence-electron chi connectivity index (χ1n) is 11.8. The van der Waals surface area contributed by atoms with Gasteiger partial charge in [-0.1, -0.05) is 23.9 Å². The average molecular weight is 519 g/mol. The molecule has 5 rings (SSSR count). The lowest BCUT2D eigenvalue weighted by molar-refractivity contribution is -0.113. The third kappa shape index (κ3) is 4.68. The molecule has 2 heterocycles. The first-order valence-corrected chi connectivity index (χ1v) is 13.6. The monoisotopic (exact) mass is 518 g/mol. The predicted molar refractivity (Wildman–Crippen MR) is 146 cm³/mol. The summed E-state index contributed by atoms with van der Waals surface area (Å²) in [5, 5.41) is 4.05. The van der Waals surface area contributed by atoms with E-state index in [-0.39, 0.29) is 17.2 Å². The van der Waals surface area contributed by atoms with E-state index in [9.17, 15) is 14.4 Å². The van der Waals surface area contributed by atoms with Crippen LogP contribution in [-0.2, 0) is 17.6 Å². The Morgan fingerprint density at radius 2 is 1.86 bits per heavy atom. The Morgan fingerprint density at radius 1 is 1.11 bits per heavy atom. The lowest BCUT2D eigenvalue weighted by Crippen LogP contribution is -2.24. The number of thiophene rings is 1. The molecule has 0 spiro atoms. The van der Waals surface area contributed by atoms with Gasteiger partial charge in [0.15, 0.2) is 5.16 Å². The minimum atomic E-state index is -0.524. The van der Waals surface area contributed by atoms with Crippen molar-refractivity contribution in [1.82, 2.24) is 9.55 Å². The normalized spacial score (nSPS) is 12.9. The van der Waals surface area contributed by atoms with Crippen LogP contribution in [0.1, 0.15) is 44.8 Å². The van der Waals surface area contributed by atoms with Gasteiger partial charge in [0.25, 0.3) is 5.56 Å². The fourth-order valence-corrected chi connectivity index (χ4v) is 6.61. The molecule has 184 valence electrons. The Bertz CT molecular complexity index is 1550. The number of thioether (sulfide) groups is 1. The summed E-state index contributed by atoms with van der Waals surface area (Å²) < 4.78 is 1.67. The second-order valence-corrected chi connectivity index (χ2v) is 11.0. The number of anilines is 1. The Balaban J connectivity index is 1.50. The van der Waals surface area contributed by atoms with Crippen molar-refractivity contribution in [3.63, 3.8) is 0 Å². The van der Waals surface area contributed by atoms with E-state index in [0.29, 0.717) is 16.4 Å². The first kappa shape index (κ1) is 24.3. The molecule has 0 fully saturated rings. The number of nitrogens with two attached hydrogens (primary N) is 1. The number of aromatic nitrogens is 2. The van der Waals surface area contributed by atoms with Crippen molar-refractivity contribution in [2.45, 2.75) is 44.7 Å². The third-order valence-corrected chi connectivity index (χ3v) is 8.47. The molecule has 0 saturated carbocycles. The van der Waals surface area contributed by atoms with Crippen LogP contribution < -0.4 is 16.6 Å². The number of carbonyl (C=O) groups is 2. The summed E-state index contributed by atoms with van der Waals surface area (Å²) in [6, 6.07) is 12.4. The van der Waals surface area contributed by atoms with Gasteiger partial charge in [0.2, 0.25) is 11.8 Å². The van der Waals surface area contributed by atoms with E-state index in [1.807, 2.05) is 32.0 Å². The van der Waals surface area contributed by atoms with Gasteiger partial charge in [-0.15, -0.1) is 11.3 Å². The van der Waals surface area contributed by atoms with Gasteiger partial charge < -0.3 is 11.1 Å². The maximum Gasteiger partial charge on any atom is 0.267 e. The summed E-state index contributed by atoms with van der Waals surface area (Å²) in [5.41, 5.74) is 10.1. The van der Waals surface area contributed by atoms with Crippen molar-refractivity contribution >= 4 is 50.8 Å². The largest absolute Gasteiger partial charge is 0.366 e. The summed E-state index contributed by atoms with van der Waals surface area (Å²) in [6.07, 6.45) is 4.10. The summed E-state index contributed by atoms with van der Waals surface area (Å²) >= 11 is 2.84. The zero-order valence-corrected chi connectivity index (χ0v) is 21.7. The number of rotatable bonds is 6. The van der Waals surface area contributed by atoms with E-state index in [1.54, 1.807) is 40.2 Å². The van der Waals surface area contributed by atoms with Gasteiger partial charge in [0, 0.05) is 16.1 Å². The fourth-order valence-electron chi connectivity index (χ4n) is 4.50. The van der Waals surface area contributed by atoms with E-state index in [4.69, 9.17) is 10.7 Å². The zero-order valence-electron chi connectivity index (χ0n) is 20.1. The Kier molecular flexibility index (Phi) is 6.68. The number of hydrogen-bond donors (Lipinski definition) is 2. The number of fused-ring (bicyclic) bond motifs is 3. The second-order valence-electron chi connectivity index (χ2n) is 8.99. The van der Waals surface area contributed by atoms with E-state index >= 15 is 0 Å². The lowest BCUT2D eigenvalue weighted by Gasteiger charge is -2.16. The number of primary amides is 1. The standard InChI is InChI=1S/C27H26N4O3S2/c1-15-7-8-16(2)20(13-15)31-26(34)23-19-5-3-4-6-21(19)36-25(23)30-27(31)35-14-22(32)29-18-11-9-17(10-12-18)24(28)33/h7-13H,3-6,14H2,1-2H3,(H2,28,33)(H,29,32). The maximum absolute atomic E-state index is 13.9. The van der Waals surface area contributed by atoms with Gasteiger partial charge in [-0.3, -0.25) is 19.0 Å². The minimum absolute atomic E-state index is 0.0713. The number of carbonyl (C=O) groups excluding carboxylic acids is 2. The van der Waals surface area contributed by atoms with Gasteiger partial charge in [-0.2, -0.15) is 0 Å². The van der Waals surface area contributed by atoms with Crippen LogP contribution >= 0.6 is 23.1 Å². The first-order chi connectivity index (χ1) is 17.3. The molecule has 0 atom stereocenters. The molecule has 1 aliphatic carbocycles. The molecule has 0 saturated heterocycles. The molecule has 0 unspecified atom stereocenters. The van der Waals surface area contributed by atoms with Crippen molar-refractivity contribution in [2.24, 2.45) is 5.73 Å². The van der Waals surface area contributed by atoms with Crippen LogP contribution in [0.15, 0.2) is 52.4 Å². The molecule has 3 N–H and O–H groups in total. The number of nitrogens with one attached hydrogen (secondary N) is 1. The molecular formula is C27H26N4O3S2. The summed E-state index contributed by atoms with van der Waals surface area (Å²) in [4.78, 5) is 44.9. The Hall–Kier alpha value is -3.43. The second kappa shape index (κ2) is 9.91. The number of aryl methyl sites for hydroxylation is 4. The molecule has 9 heteroatoms. The number of hydrogen-bond acceptors (Lipinski definition) is 6. The van der Waals surface area contributed by atoms with Gasteiger partial charge in [0.05, 0.1) is 16.8 Å². The van der Waals surface area contributed by atoms with Crippen LogP contribution in [0.4, 0.5) is 5.69 Å². The number of nitrogens with zero attached hydrogens (tertiary/aromatic N) is 2. The van der Waals surface area contributed by atoms with Crippen LogP contribution in [0.3, 0.4) is 0 Å². The summed E-state index contributed by atoms with van der Waals surface area (Å²) in [7, 11) is 0. The summed E-state index contributed by atoms with van der Waals surface area (Å²) in [5.74, 6) is -0.686. The van der Waals surface area contributed by atoms with Gasteiger partial charge in [-0.05, 0) is 86.6 Å². The van der Waals surface area contributed by atoms with Crippen molar-refractivity contribution in [3.05, 3.63) is 79.9 Å². The third-order valence-electron chi connectivity index (χ3n) is 6.35. The number of benzene rings is 2. The summed E-state index contributed by atoms with van der Waals surface area (Å²) in [6.45, 7) is 3.97. The number of amides is 2. The van der Waals surface area contributed by atoms with Crippen LogP contribution in [0.5, 0.6) is 0 Å². The highest BCUT2D eigenvalue weighted by molar-refractivity contribution is 7.99. The molecule has 2 aromatic heterocycles. The zero-order chi connectivity index (χ0) is 25.4. The highest BCUT2D eigenvalue weighted by Crippen LogP contribution is 2.35. The molecule has 36 heavy (non-hydrogen) atoms. The van der Waals surface area contributed by atoms with Crippen molar-refractivity contribution in [2.75, 3.05) is 11.1 Å². The van der Waals surface area contributed by atoms with Crippen molar-refractivity contribution in [1.29, 1.82) is 0 Å². The molecule has 4 aromatic rings. The smallest absolute Gasteiger partial charge is 0.267 e. The SMILES string of the molecule is Cc1ccc(C)c(-n2c(SCC(=O)Nc3ccc(C(N)=O)cc3)nc3sc4c(c3c2=O)CCCC4)c1. The molecule has 7 nitrogen and oxygen atoms in total. The average Bonchev–Trinajstić information content (AvgIpc) is 3.23. The molecule has 2 aromatic carbocycles. The van der Waals surface area contributed by atoms with Crippen LogP contribution in [0, 0.1) is 13.8 Å². The molecule has 2 amide bonds. The van der Waals surface area contributed by atoms with Crippen LogP contribution in [-0.4, -0.2) is 27.1 Å². The maximum atomic E-state index is 13.9. The Morgan fingerprint density at radius 3 is 2.61 bits per heavy atom. The highest BCUT2D eigenvalue weighted by atomic mass is 32.2. The molecule has 0 radical (unpaired) electrons. The topological polar surface area (TPSA) is 107 Å². The minimum Gasteiger partial charge on any atom is -0.366 e. The van der Waals surface area contributed by atoms with Crippen molar-refractivity contribution in [3.8, 4) is 5.69 Å². The highest BCUT2D eigenvalue weighted by Gasteiger charge is 2.24. The van der Waals surface area contributed by atoms with E-state index in [0.717, 1.165) is 58.3 Å². The molecular weight excluding hydrogens is 492 g/mol. The van der Waals surface area contributed by atoms with E-state index < -0.39 is 5.91 Å². The van der Waals surface area contributed by atoms with Gasteiger partial charge in [0.1, 0.15) is 4.83 Å². The van der Waals surface area contributed by atoms with Crippen LogP contribution in [0.2, 0.25) is 0 Å². The Labute approximate surface area is 216 Å². The van der Waals surface area contributed by atoms with Gasteiger partial charge >= 0.3 is 0 Å². The predicted octanol–water partition coefficient (Wildman–Crippen LogP) is 4.77. The molecule has 1 aliphatic rings. The van der Waals surface area contributed by atoms with Crippen LogP contribution in [0.25, 0.3) is 15.9 Å². The fraction of sp³-hybridized carbons (Fsp3) is 0.259.